The van der Waals surface area contributed by atoms with E-state index in [0.29, 0.717) is 6.54 Å². The number of hydrogen-bond acceptors (Lipinski definition) is 2. The van der Waals surface area contributed by atoms with Crippen LogP contribution in [-0.2, 0) is 0 Å². The summed E-state index contributed by atoms with van der Waals surface area (Å²) >= 11 is 0. The summed E-state index contributed by atoms with van der Waals surface area (Å²) in [6, 6.07) is 0. The molecule has 0 aromatic rings. The Bertz CT molecular complexity index is 219. The van der Waals surface area contributed by atoms with Gasteiger partial charge >= 0.3 is 6.18 Å². The summed E-state index contributed by atoms with van der Waals surface area (Å²) < 4.78 is 35.8. The van der Waals surface area contributed by atoms with Crippen LogP contribution < -0.4 is 5.32 Å². The van der Waals surface area contributed by atoms with Crippen LogP contribution in [0.5, 0.6) is 0 Å². The second-order valence-electron chi connectivity index (χ2n) is 5.22. The first-order chi connectivity index (χ1) is 8.51. The van der Waals surface area contributed by atoms with E-state index in [1.165, 1.54) is 32.1 Å². The topological polar surface area (TPSA) is 15.3 Å². The molecule has 0 aromatic heterocycles. The van der Waals surface area contributed by atoms with Crippen LogP contribution in [0, 0.1) is 5.92 Å². The lowest BCUT2D eigenvalue weighted by Gasteiger charge is -2.20. The number of nitrogens with zero attached hydrogens (tertiary/aromatic N) is 1. The third-order valence-corrected chi connectivity index (χ3v) is 3.57. The maximum atomic E-state index is 11.9. The molecule has 1 unspecified atom stereocenters. The lowest BCUT2D eigenvalue weighted by molar-refractivity contribution is -0.124. The van der Waals surface area contributed by atoms with E-state index in [1.54, 1.807) is 0 Å². The van der Waals surface area contributed by atoms with Crippen molar-refractivity contribution in [3.05, 3.63) is 0 Å². The van der Waals surface area contributed by atoms with Gasteiger partial charge in [-0.1, -0.05) is 19.8 Å². The molecule has 18 heavy (non-hydrogen) atoms. The van der Waals surface area contributed by atoms with Gasteiger partial charge in [0.2, 0.25) is 0 Å². The molecule has 1 rings (SSSR count). The van der Waals surface area contributed by atoms with E-state index in [-0.39, 0.29) is 0 Å². The Kier molecular flexibility index (Phi) is 7.00. The van der Waals surface area contributed by atoms with Crippen molar-refractivity contribution < 1.29 is 13.2 Å². The Morgan fingerprint density at radius 3 is 2.67 bits per heavy atom. The molecule has 0 aliphatic carbocycles. The maximum absolute atomic E-state index is 11.9. The molecule has 0 aromatic carbocycles. The number of halogens is 3. The Morgan fingerprint density at radius 1 is 1.22 bits per heavy atom. The van der Waals surface area contributed by atoms with E-state index in [4.69, 9.17) is 0 Å². The summed E-state index contributed by atoms with van der Waals surface area (Å²) in [6.07, 6.45) is 2.10. The van der Waals surface area contributed by atoms with E-state index in [1.807, 2.05) is 0 Å². The van der Waals surface area contributed by atoms with E-state index in [2.05, 4.69) is 17.1 Å². The largest absolute Gasteiger partial charge is 0.401 e. The van der Waals surface area contributed by atoms with Gasteiger partial charge < -0.3 is 10.2 Å². The minimum atomic E-state index is -4.09. The maximum Gasteiger partial charge on any atom is 0.401 e. The van der Waals surface area contributed by atoms with Crippen molar-refractivity contribution >= 4 is 0 Å². The first kappa shape index (κ1) is 15.8. The molecule has 5 heteroatoms. The minimum Gasteiger partial charge on any atom is -0.307 e. The number of hydrogen-bond donors (Lipinski definition) is 1. The molecule has 0 amide bonds. The van der Waals surface area contributed by atoms with Crippen LogP contribution in [0.1, 0.15) is 39.0 Å². The van der Waals surface area contributed by atoms with Crippen molar-refractivity contribution in [1.82, 2.24) is 10.2 Å². The number of rotatable bonds is 6. The van der Waals surface area contributed by atoms with Crippen molar-refractivity contribution in [2.75, 3.05) is 32.7 Å². The monoisotopic (exact) mass is 266 g/mol. The van der Waals surface area contributed by atoms with Crippen LogP contribution in [0.3, 0.4) is 0 Å². The molecule has 1 fully saturated rings. The Hall–Kier alpha value is -0.290. The van der Waals surface area contributed by atoms with E-state index in [0.717, 1.165) is 25.6 Å². The molecule has 108 valence electrons. The third-order valence-electron chi connectivity index (χ3n) is 3.57. The average Bonchev–Trinajstić information content (AvgIpc) is 2.50. The van der Waals surface area contributed by atoms with Crippen LogP contribution in [0.15, 0.2) is 0 Å². The Balaban J connectivity index is 2.12. The summed E-state index contributed by atoms with van der Waals surface area (Å²) in [6.45, 7) is 4.57. The first-order valence-electron chi connectivity index (χ1n) is 7.01. The van der Waals surface area contributed by atoms with Crippen LogP contribution in [0.4, 0.5) is 13.2 Å². The van der Waals surface area contributed by atoms with Crippen molar-refractivity contribution in [2.45, 2.75) is 45.2 Å². The standard InChI is InChI=1S/C13H25F3N2/c1-2-4-12-5-3-8-18(9-6-12)10-7-17-11-13(14,15)16/h12,17H,2-11H2,1H3. The molecule has 0 saturated carbocycles. The van der Waals surface area contributed by atoms with Crippen molar-refractivity contribution in [3.63, 3.8) is 0 Å². The third kappa shape index (κ3) is 7.21. The van der Waals surface area contributed by atoms with Gasteiger partial charge in [-0.3, -0.25) is 0 Å². The quantitative estimate of drug-likeness (QED) is 0.743. The van der Waals surface area contributed by atoms with E-state index >= 15 is 0 Å². The highest BCUT2D eigenvalue weighted by Gasteiger charge is 2.26. The second-order valence-corrected chi connectivity index (χ2v) is 5.22. The smallest absolute Gasteiger partial charge is 0.307 e. The molecule has 0 spiro atoms. The number of likely N-dealkylation sites (tertiary alicyclic amines) is 1. The number of alkyl halides is 3. The van der Waals surface area contributed by atoms with Gasteiger partial charge in [-0.2, -0.15) is 13.2 Å². The summed E-state index contributed by atoms with van der Waals surface area (Å²) in [7, 11) is 0. The van der Waals surface area contributed by atoms with Crippen LogP contribution in [0.2, 0.25) is 0 Å². The van der Waals surface area contributed by atoms with E-state index < -0.39 is 12.7 Å². The average molecular weight is 266 g/mol. The highest BCUT2D eigenvalue weighted by molar-refractivity contribution is 4.70. The lowest BCUT2D eigenvalue weighted by atomic mass is 9.96. The van der Waals surface area contributed by atoms with Crippen molar-refractivity contribution in [2.24, 2.45) is 5.92 Å². The highest BCUT2D eigenvalue weighted by Crippen LogP contribution is 2.21. The minimum absolute atomic E-state index is 0.429. The zero-order chi connectivity index (χ0) is 13.4. The predicted molar refractivity (Wildman–Crippen MR) is 67.6 cm³/mol. The first-order valence-corrected chi connectivity index (χ1v) is 7.01. The van der Waals surface area contributed by atoms with E-state index in [9.17, 15) is 13.2 Å². The summed E-state index contributed by atoms with van der Waals surface area (Å²) in [4.78, 5) is 2.29. The zero-order valence-electron chi connectivity index (χ0n) is 11.2. The Morgan fingerprint density at radius 2 is 2.00 bits per heavy atom. The van der Waals surface area contributed by atoms with Gasteiger partial charge in [-0.25, -0.2) is 0 Å². The summed E-state index contributed by atoms with van der Waals surface area (Å²) in [5, 5.41) is 2.46. The Labute approximate surface area is 108 Å². The van der Waals surface area contributed by atoms with Crippen LogP contribution >= 0.6 is 0 Å². The molecule has 1 aliphatic rings. The molecule has 0 radical (unpaired) electrons. The van der Waals surface area contributed by atoms with Gasteiger partial charge in [0.25, 0.3) is 0 Å². The van der Waals surface area contributed by atoms with Crippen LogP contribution in [0.25, 0.3) is 0 Å². The fourth-order valence-corrected chi connectivity index (χ4v) is 2.61. The molecule has 1 saturated heterocycles. The fourth-order valence-electron chi connectivity index (χ4n) is 2.61. The molecule has 0 bridgehead atoms. The molecule has 1 aliphatic heterocycles. The molecular weight excluding hydrogens is 241 g/mol. The van der Waals surface area contributed by atoms with Crippen LogP contribution in [-0.4, -0.2) is 43.8 Å². The zero-order valence-corrected chi connectivity index (χ0v) is 11.2. The molecule has 1 atom stereocenters. The molecule has 1 heterocycles. The van der Waals surface area contributed by atoms with Crippen molar-refractivity contribution in [1.29, 1.82) is 0 Å². The normalized spacial score (nSPS) is 23.0. The van der Waals surface area contributed by atoms with Crippen molar-refractivity contribution in [3.8, 4) is 0 Å². The van der Waals surface area contributed by atoms with Gasteiger partial charge in [0.15, 0.2) is 0 Å². The molecule has 2 nitrogen and oxygen atoms in total. The fraction of sp³-hybridized carbons (Fsp3) is 1.00. The van der Waals surface area contributed by atoms with Gasteiger partial charge in [0.05, 0.1) is 6.54 Å². The highest BCUT2D eigenvalue weighted by atomic mass is 19.4. The second kappa shape index (κ2) is 8.00. The summed E-state index contributed by atoms with van der Waals surface area (Å²) in [5.41, 5.74) is 0. The lowest BCUT2D eigenvalue weighted by Crippen LogP contribution is -2.36. The summed E-state index contributed by atoms with van der Waals surface area (Å²) in [5.74, 6) is 0.822. The SMILES string of the molecule is CCCC1CCCN(CCNCC(F)(F)F)CC1. The van der Waals surface area contributed by atoms with Gasteiger partial charge in [0, 0.05) is 13.1 Å². The number of nitrogens with one attached hydrogen (secondary N) is 1. The van der Waals surface area contributed by atoms with Gasteiger partial charge in [-0.15, -0.1) is 0 Å². The predicted octanol–water partition coefficient (Wildman–Crippen LogP) is 3.04. The molecule has 1 N–H and O–H groups in total. The van der Waals surface area contributed by atoms with Gasteiger partial charge in [-0.05, 0) is 38.3 Å². The van der Waals surface area contributed by atoms with Gasteiger partial charge in [0.1, 0.15) is 0 Å². The molecular formula is C13H25F3N2.